The van der Waals surface area contributed by atoms with Crippen LogP contribution in [0.5, 0.6) is 0 Å². The number of carbonyl (C=O) groups is 2. The summed E-state index contributed by atoms with van der Waals surface area (Å²) in [6, 6.07) is 0. The summed E-state index contributed by atoms with van der Waals surface area (Å²) in [4.78, 5) is 24.9. The van der Waals surface area contributed by atoms with E-state index in [1.165, 1.54) is 11.1 Å². The van der Waals surface area contributed by atoms with E-state index in [0.717, 1.165) is 19.3 Å². The lowest BCUT2D eigenvalue weighted by Gasteiger charge is -2.30. The third-order valence-corrected chi connectivity index (χ3v) is 6.12. The Morgan fingerprint density at radius 2 is 2.21 bits per heavy atom. The Morgan fingerprint density at radius 3 is 2.88 bits per heavy atom. The highest BCUT2D eigenvalue weighted by molar-refractivity contribution is 5.92. The molecule has 0 amide bonds. The molecule has 2 fully saturated rings. The Morgan fingerprint density at radius 1 is 1.50 bits per heavy atom. The smallest absolute Gasteiger partial charge is 0.351 e. The monoisotopic (exact) mass is 330 g/mol. The second kappa shape index (κ2) is 5.91. The highest BCUT2D eigenvalue weighted by Gasteiger charge is 2.61. The number of hydrogen-bond donors (Lipinski definition) is 0. The topological polar surface area (TPSA) is 52.6 Å². The Labute approximate surface area is 143 Å². The number of hydrogen-bond acceptors (Lipinski definition) is 4. The molecular weight excluding hydrogens is 304 g/mol. The zero-order valence-corrected chi connectivity index (χ0v) is 14.9. The van der Waals surface area contributed by atoms with Crippen molar-refractivity contribution in [2.45, 2.75) is 58.7 Å². The van der Waals surface area contributed by atoms with E-state index >= 15 is 0 Å². The molecule has 1 saturated carbocycles. The van der Waals surface area contributed by atoms with Gasteiger partial charge in [0.05, 0.1) is 0 Å². The fourth-order valence-corrected chi connectivity index (χ4v) is 4.41. The Bertz CT molecular complexity index is 657. The highest BCUT2D eigenvalue weighted by Crippen LogP contribution is 2.52. The molecule has 0 radical (unpaired) electrons. The van der Waals surface area contributed by atoms with Crippen molar-refractivity contribution in [3.05, 3.63) is 35.5 Å². The van der Waals surface area contributed by atoms with Gasteiger partial charge in [0.1, 0.15) is 6.10 Å². The largest absolute Gasteiger partial charge is 0.458 e. The van der Waals surface area contributed by atoms with Crippen molar-refractivity contribution >= 4 is 11.9 Å². The standard InChI is InChI=1S/C20H26O4/c1-6-11(2)18(21)24-20(5)15-10-8-12(3)14-9-7-13(4)16(14)17(15)23-19(20)22/h6-7,14-17H,3,8-10H2,1-2,4-5H3/b11-6-/t14-,15-,16-,17-,20+/m1/s1. The molecule has 0 unspecified atom stereocenters. The first-order chi connectivity index (χ1) is 11.3. The van der Waals surface area contributed by atoms with Crippen molar-refractivity contribution < 1.29 is 19.1 Å². The summed E-state index contributed by atoms with van der Waals surface area (Å²) in [5, 5.41) is 0. The minimum atomic E-state index is -1.22. The predicted molar refractivity (Wildman–Crippen MR) is 91.0 cm³/mol. The summed E-state index contributed by atoms with van der Waals surface area (Å²) in [6.07, 6.45) is 6.25. The average molecular weight is 330 g/mol. The number of allylic oxidation sites excluding steroid dienone is 3. The van der Waals surface area contributed by atoms with Crippen LogP contribution < -0.4 is 0 Å². The van der Waals surface area contributed by atoms with E-state index < -0.39 is 17.5 Å². The minimum Gasteiger partial charge on any atom is -0.458 e. The maximum atomic E-state index is 12.6. The van der Waals surface area contributed by atoms with Crippen LogP contribution in [-0.2, 0) is 19.1 Å². The summed E-state index contributed by atoms with van der Waals surface area (Å²) < 4.78 is 11.5. The van der Waals surface area contributed by atoms with Gasteiger partial charge in [0, 0.05) is 17.4 Å². The molecule has 0 N–H and O–H groups in total. The van der Waals surface area contributed by atoms with E-state index in [2.05, 4.69) is 19.6 Å². The summed E-state index contributed by atoms with van der Waals surface area (Å²) >= 11 is 0. The van der Waals surface area contributed by atoms with Gasteiger partial charge in [-0.3, -0.25) is 0 Å². The van der Waals surface area contributed by atoms with Crippen molar-refractivity contribution in [2.75, 3.05) is 0 Å². The van der Waals surface area contributed by atoms with Crippen LogP contribution in [0, 0.1) is 17.8 Å². The molecule has 5 atom stereocenters. The van der Waals surface area contributed by atoms with E-state index in [1.54, 1.807) is 26.8 Å². The molecule has 0 aromatic heterocycles. The first kappa shape index (κ1) is 17.0. The van der Waals surface area contributed by atoms with Crippen LogP contribution in [0.4, 0.5) is 0 Å². The van der Waals surface area contributed by atoms with Gasteiger partial charge in [-0.2, -0.15) is 0 Å². The highest BCUT2D eigenvalue weighted by atomic mass is 16.6. The van der Waals surface area contributed by atoms with E-state index in [1.807, 2.05) is 0 Å². The molecular formula is C20H26O4. The van der Waals surface area contributed by atoms with Gasteiger partial charge < -0.3 is 9.47 Å². The predicted octanol–water partition coefficient (Wildman–Crippen LogP) is 3.73. The second-order valence-corrected chi connectivity index (χ2v) is 7.46. The Kier molecular flexibility index (Phi) is 4.18. The molecule has 4 nitrogen and oxygen atoms in total. The first-order valence-corrected chi connectivity index (χ1v) is 8.71. The zero-order chi connectivity index (χ0) is 17.6. The van der Waals surface area contributed by atoms with Crippen LogP contribution in [0.15, 0.2) is 35.5 Å². The van der Waals surface area contributed by atoms with E-state index in [0.29, 0.717) is 11.5 Å². The quantitative estimate of drug-likeness (QED) is 0.440. The van der Waals surface area contributed by atoms with Gasteiger partial charge in [-0.1, -0.05) is 29.9 Å². The lowest BCUT2D eigenvalue weighted by molar-refractivity contribution is -0.171. The summed E-state index contributed by atoms with van der Waals surface area (Å²) in [5.74, 6) is -0.496. The molecule has 4 heteroatoms. The third kappa shape index (κ3) is 2.43. The molecule has 3 rings (SSSR count). The van der Waals surface area contributed by atoms with Crippen molar-refractivity contribution in [1.29, 1.82) is 0 Å². The van der Waals surface area contributed by atoms with Crippen LogP contribution >= 0.6 is 0 Å². The van der Waals surface area contributed by atoms with Crippen molar-refractivity contribution in [3.63, 3.8) is 0 Å². The van der Waals surface area contributed by atoms with E-state index in [-0.39, 0.29) is 17.9 Å². The van der Waals surface area contributed by atoms with Crippen LogP contribution in [0.3, 0.4) is 0 Å². The van der Waals surface area contributed by atoms with Gasteiger partial charge in [0.25, 0.3) is 0 Å². The number of ether oxygens (including phenoxy) is 2. The van der Waals surface area contributed by atoms with Gasteiger partial charge in [-0.15, -0.1) is 0 Å². The zero-order valence-electron chi connectivity index (χ0n) is 14.9. The average Bonchev–Trinajstić information content (AvgIpc) is 2.98. The van der Waals surface area contributed by atoms with Crippen LogP contribution in [0.1, 0.15) is 47.0 Å². The minimum absolute atomic E-state index is 0.133. The molecule has 1 heterocycles. The Balaban J connectivity index is 1.94. The normalized spacial score (nSPS) is 38.8. The summed E-state index contributed by atoms with van der Waals surface area (Å²) in [5.41, 5.74) is 1.76. The van der Waals surface area contributed by atoms with Crippen LogP contribution in [0.25, 0.3) is 0 Å². The van der Waals surface area contributed by atoms with Crippen LogP contribution in [0.2, 0.25) is 0 Å². The number of esters is 2. The lowest BCUT2D eigenvalue weighted by Crippen LogP contribution is -2.44. The van der Waals surface area contributed by atoms with Gasteiger partial charge >= 0.3 is 11.9 Å². The summed E-state index contributed by atoms with van der Waals surface area (Å²) in [7, 11) is 0. The SMILES string of the molecule is C=C1CC[C@@H]2[C@@H](OC(=O)[C@@]2(C)OC(=O)/C(C)=C\C)[C@@H]2C(C)=CC[C@H]12. The fourth-order valence-electron chi connectivity index (χ4n) is 4.41. The van der Waals surface area contributed by atoms with Crippen molar-refractivity contribution in [3.8, 4) is 0 Å². The fraction of sp³-hybridized carbons (Fsp3) is 0.600. The molecule has 2 aliphatic carbocycles. The van der Waals surface area contributed by atoms with Gasteiger partial charge in [-0.25, -0.2) is 9.59 Å². The van der Waals surface area contributed by atoms with Crippen molar-refractivity contribution in [2.24, 2.45) is 17.8 Å². The first-order valence-electron chi connectivity index (χ1n) is 8.71. The number of rotatable bonds is 2. The molecule has 0 aromatic carbocycles. The van der Waals surface area contributed by atoms with Crippen LogP contribution in [-0.4, -0.2) is 23.6 Å². The van der Waals surface area contributed by atoms with E-state index in [4.69, 9.17) is 9.47 Å². The number of fused-ring (bicyclic) bond motifs is 3. The maximum Gasteiger partial charge on any atom is 0.351 e. The molecule has 130 valence electrons. The molecule has 1 saturated heterocycles. The molecule has 3 aliphatic rings. The van der Waals surface area contributed by atoms with Gasteiger partial charge in [-0.05, 0) is 52.9 Å². The van der Waals surface area contributed by atoms with Gasteiger partial charge in [0.2, 0.25) is 5.60 Å². The second-order valence-electron chi connectivity index (χ2n) is 7.46. The molecule has 1 aliphatic heterocycles. The maximum absolute atomic E-state index is 12.6. The van der Waals surface area contributed by atoms with E-state index in [9.17, 15) is 9.59 Å². The Hall–Kier alpha value is -1.84. The summed E-state index contributed by atoms with van der Waals surface area (Å²) in [6.45, 7) is 11.5. The third-order valence-electron chi connectivity index (χ3n) is 6.12. The lowest BCUT2D eigenvalue weighted by atomic mass is 9.77. The molecule has 0 bridgehead atoms. The van der Waals surface area contributed by atoms with Crippen molar-refractivity contribution in [1.82, 2.24) is 0 Å². The van der Waals surface area contributed by atoms with Gasteiger partial charge in [0.15, 0.2) is 0 Å². The molecule has 0 spiro atoms. The molecule has 0 aromatic rings. The number of carbonyl (C=O) groups excluding carboxylic acids is 2. The molecule has 24 heavy (non-hydrogen) atoms.